The van der Waals surface area contributed by atoms with Gasteiger partial charge in [-0.1, -0.05) is 38.1 Å². The van der Waals surface area contributed by atoms with Crippen LogP contribution in [0.2, 0.25) is 0 Å². The molecule has 102 valence electrons. The number of nitrogens with one attached hydrogen (secondary N) is 1. The van der Waals surface area contributed by atoms with Gasteiger partial charge in [-0.15, -0.1) is 0 Å². The van der Waals surface area contributed by atoms with Gasteiger partial charge in [0.1, 0.15) is 0 Å². The quantitative estimate of drug-likeness (QED) is 0.867. The predicted octanol–water partition coefficient (Wildman–Crippen LogP) is 2.83. The van der Waals surface area contributed by atoms with Crippen molar-refractivity contribution in [1.82, 2.24) is 10.3 Å². The average molecular weight is 258 g/mol. The molecular weight excluding hydrogens is 236 g/mol. The minimum Gasteiger partial charge on any atom is -0.385 e. The van der Waals surface area contributed by atoms with Gasteiger partial charge in [-0.3, -0.25) is 4.98 Å². The minimum atomic E-state index is -0.865. The summed E-state index contributed by atoms with van der Waals surface area (Å²) in [5, 5.41) is 15.1. The van der Waals surface area contributed by atoms with E-state index in [-0.39, 0.29) is 0 Å². The summed E-state index contributed by atoms with van der Waals surface area (Å²) in [4.78, 5) is 4.41. The molecule has 0 aliphatic carbocycles. The fraction of sp³-hybridized carbons (Fsp3) is 0.438. The Morgan fingerprint density at radius 3 is 2.74 bits per heavy atom. The van der Waals surface area contributed by atoms with Crippen LogP contribution >= 0.6 is 0 Å². The van der Waals surface area contributed by atoms with Gasteiger partial charge >= 0.3 is 0 Å². The first kappa shape index (κ1) is 14.0. The first-order valence-electron chi connectivity index (χ1n) is 6.81. The van der Waals surface area contributed by atoms with Crippen LogP contribution in [0.1, 0.15) is 32.8 Å². The second kappa shape index (κ2) is 5.68. The highest BCUT2D eigenvalue weighted by Gasteiger charge is 2.25. The standard InChI is InChI=1S/C16H22N2O/c1-12(2)17-11-9-16(3,19)14-8-4-6-13-7-5-10-18-15(13)14/h4-8,10,12,17,19H,9,11H2,1-3H3. The molecule has 3 heteroatoms. The molecule has 0 aliphatic rings. The van der Waals surface area contributed by atoms with Crippen LogP contribution in [0.3, 0.4) is 0 Å². The predicted molar refractivity (Wildman–Crippen MR) is 79.1 cm³/mol. The molecule has 2 rings (SSSR count). The largest absolute Gasteiger partial charge is 0.385 e. The van der Waals surface area contributed by atoms with Crippen molar-refractivity contribution in [2.45, 2.75) is 38.8 Å². The van der Waals surface area contributed by atoms with Crippen molar-refractivity contribution in [2.75, 3.05) is 6.54 Å². The van der Waals surface area contributed by atoms with Crippen LogP contribution in [0.15, 0.2) is 36.5 Å². The fourth-order valence-electron chi connectivity index (χ4n) is 2.28. The highest BCUT2D eigenvalue weighted by Crippen LogP contribution is 2.29. The zero-order valence-corrected chi connectivity index (χ0v) is 11.9. The van der Waals surface area contributed by atoms with Gasteiger partial charge in [0.25, 0.3) is 0 Å². The Kier molecular flexibility index (Phi) is 4.17. The number of pyridine rings is 1. The van der Waals surface area contributed by atoms with Gasteiger partial charge in [0.05, 0.1) is 11.1 Å². The smallest absolute Gasteiger partial charge is 0.0901 e. The van der Waals surface area contributed by atoms with Crippen molar-refractivity contribution in [1.29, 1.82) is 0 Å². The molecule has 0 fully saturated rings. The number of aromatic nitrogens is 1. The number of benzene rings is 1. The Labute approximate surface area is 114 Å². The third-order valence-electron chi connectivity index (χ3n) is 3.38. The third-order valence-corrected chi connectivity index (χ3v) is 3.38. The van der Waals surface area contributed by atoms with E-state index >= 15 is 0 Å². The molecule has 0 bridgehead atoms. The summed E-state index contributed by atoms with van der Waals surface area (Å²) in [6, 6.07) is 10.3. The molecule has 0 saturated carbocycles. The number of rotatable bonds is 5. The Bertz CT molecular complexity index is 544. The number of fused-ring (bicyclic) bond motifs is 1. The van der Waals surface area contributed by atoms with E-state index in [4.69, 9.17) is 0 Å². The van der Waals surface area contributed by atoms with Crippen LogP contribution in [0.25, 0.3) is 10.9 Å². The van der Waals surface area contributed by atoms with Crippen LogP contribution in [0.5, 0.6) is 0 Å². The van der Waals surface area contributed by atoms with E-state index in [1.54, 1.807) is 6.20 Å². The van der Waals surface area contributed by atoms with E-state index in [9.17, 15) is 5.11 Å². The second-order valence-corrected chi connectivity index (χ2v) is 5.51. The molecule has 0 aliphatic heterocycles. The van der Waals surface area contributed by atoms with E-state index < -0.39 is 5.60 Å². The lowest BCUT2D eigenvalue weighted by molar-refractivity contribution is 0.0489. The molecule has 0 spiro atoms. The number of hydrogen-bond acceptors (Lipinski definition) is 3. The molecule has 1 aromatic heterocycles. The molecular formula is C16H22N2O. The van der Waals surface area contributed by atoms with E-state index in [0.29, 0.717) is 12.5 Å². The van der Waals surface area contributed by atoms with Gasteiger partial charge < -0.3 is 10.4 Å². The molecule has 0 saturated heterocycles. The summed E-state index contributed by atoms with van der Waals surface area (Å²) < 4.78 is 0. The number of aliphatic hydroxyl groups is 1. The van der Waals surface area contributed by atoms with E-state index in [0.717, 1.165) is 23.0 Å². The molecule has 0 amide bonds. The lowest BCUT2D eigenvalue weighted by atomic mass is 9.90. The van der Waals surface area contributed by atoms with Gasteiger partial charge in [-0.05, 0) is 26.0 Å². The molecule has 1 unspecified atom stereocenters. The van der Waals surface area contributed by atoms with E-state index in [1.807, 2.05) is 37.3 Å². The maximum atomic E-state index is 10.7. The molecule has 3 nitrogen and oxygen atoms in total. The Hall–Kier alpha value is -1.45. The van der Waals surface area contributed by atoms with Crippen LogP contribution in [0.4, 0.5) is 0 Å². The third kappa shape index (κ3) is 3.31. The molecule has 1 aromatic carbocycles. The highest BCUT2D eigenvalue weighted by molar-refractivity contribution is 5.82. The zero-order valence-electron chi connectivity index (χ0n) is 11.9. The summed E-state index contributed by atoms with van der Waals surface area (Å²) in [5.74, 6) is 0. The zero-order chi connectivity index (χ0) is 13.9. The van der Waals surface area contributed by atoms with Crippen molar-refractivity contribution < 1.29 is 5.11 Å². The summed E-state index contributed by atoms with van der Waals surface area (Å²) in [5.41, 5.74) is 0.922. The van der Waals surface area contributed by atoms with Gasteiger partial charge in [0.2, 0.25) is 0 Å². The maximum absolute atomic E-state index is 10.7. The van der Waals surface area contributed by atoms with Crippen LogP contribution in [-0.2, 0) is 5.60 Å². The lowest BCUT2D eigenvalue weighted by Gasteiger charge is -2.25. The number of nitrogens with zero attached hydrogens (tertiary/aromatic N) is 1. The van der Waals surface area contributed by atoms with Crippen molar-refractivity contribution in [3.63, 3.8) is 0 Å². The monoisotopic (exact) mass is 258 g/mol. The minimum absolute atomic E-state index is 0.432. The Morgan fingerprint density at radius 1 is 1.26 bits per heavy atom. The van der Waals surface area contributed by atoms with Crippen molar-refractivity contribution in [3.8, 4) is 0 Å². The Balaban J connectivity index is 2.27. The highest BCUT2D eigenvalue weighted by atomic mass is 16.3. The normalized spacial score (nSPS) is 14.8. The number of para-hydroxylation sites is 1. The SMILES string of the molecule is CC(C)NCCC(C)(O)c1cccc2cccnc12. The van der Waals surface area contributed by atoms with Crippen LogP contribution in [-0.4, -0.2) is 22.7 Å². The average Bonchev–Trinajstić information content (AvgIpc) is 2.37. The van der Waals surface area contributed by atoms with Crippen molar-refractivity contribution in [3.05, 3.63) is 42.1 Å². The molecule has 1 atom stereocenters. The summed E-state index contributed by atoms with van der Waals surface area (Å²) in [6.07, 6.45) is 2.44. The van der Waals surface area contributed by atoms with Crippen LogP contribution in [0, 0.1) is 0 Å². The molecule has 0 radical (unpaired) electrons. The van der Waals surface area contributed by atoms with Gasteiger partial charge in [-0.25, -0.2) is 0 Å². The summed E-state index contributed by atoms with van der Waals surface area (Å²) >= 11 is 0. The topological polar surface area (TPSA) is 45.1 Å². The Morgan fingerprint density at radius 2 is 2.00 bits per heavy atom. The number of hydrogen-bond donors (Lipinski definition) is 2. The van der Waals surface area contributed by atoms with Gasteiger partial charge in [0.15, 0.2) is 0 Å². The lowest BCUT2D eigenvalue weighted by Crippen LogP contribution is -2.31. The molecule has 2 N–H and O–H groups in total. The van der Waals surface area contributed by atoms with Crippen molar-refractivity contribution in [2.24, 2.45) is 0 Å². The summed E-state index contributed by atoms with van der Waals surface area (Å²) in [6.45, 7) is 6.86. The van der Waals surface area contributed by atoms with E-state index in [2.05, 4.69) is 24.1 Å². The summed E-state index contributed by atoms with van der Waals surface area (Å²) in [7, 11) is 0. The second-order valence-electron chi connectivity index (χ2n) is 5.51. The molecule has 1 heterocycles. The molecule has 19 heavy (non-hydrogen) atoms. The fourth-order valence-corrected chi connectivity index (χ4v) is 2.28. The van der Waals surface area contributed by atoms with E-state index in [1.165, 1.54) is 0 Å². The van der Waals surface area contributed by atoms with Crippen LogP contribution < -0.4 is 5.32 Å². The maximum Gasteiger partial charge on any atom is 0.0901 e. The van der Waals surface area contributed by atoms with Gasteiger partial charge in [0, 0.05) is 23.2 Å². The first-order chi connectivity index (χ1) is 9.00. The first-order valence-corrected chi connectivity index (χ1v) is 6.81. The van der Waals surface area contributed by atoms with Gasteiger partial charge in [-0.2, -0.15) is 0 Å². The molecule has 2 aromatic rings. The van der Waals surface area contributed by atoms with Crippen molar-refractivity contribution >= 4 is 10.9 Å².